The van der Waals surface area contributed by atoms with Crippen LogP contribution in [0.1, 0.15) is 25.7 Å². The third kappa shape index (κ3) is 2.68. The van der Waals surface area contributed by atoms with Gasteiger partial charge in [-0.3, -0.25) is 4.79 Å². The molecule has 0 aromatic heterocycles. The summed E-state index contributed by atoms with van der Waals surface area (Å²) in [7, 11) is 0. The Bertz CT molecular complexity index is 229. The Morgan fingerprint density at radius 2 is 2.20 bits per heavy atom. The first-order valence-corrected chi connectivity index (χ1v) is 5.91. The topological polar surface area (TPSA) is 32.3 Å². The van der Waals surface area contributed by atoms with Crippen molar-refractivity contribution < 1.29 is 9.18 Å². The van der Waals surface area contributed by atoms with Gasteiger partial charge in [-0.1, -0.05) is 0 Å². The fraction of sp³-hybridized carbons (Fsp3) is 0.909. The Hall–Kier alpha value is -0.640. The zero-order valence-electron chi connectivity index (χ0n) is 9.04. The molecule has 0 aliphatic carbocycles. The number of amides is 1. The first-order chi connectivity index (χ1) is 7.27. The molecular formula is C11H19FN2O. The molecule has 0 spiro atoms. The van der Waals surface area contributed by atoms with Gasteiger partial charge in [-0.25, -0.2) is 4.39 Å². The lowest BCUT2D eigenvalue weighted by atomic mass is 9.97. The standard InChI is InChI=1S/C11H19FN2O/c12-10-4-2-6-14(8-10)11(15)9-3-1-5-13-7-9/h9-10,13H,1-8H2/t9-,10+/m0/s1. The number of nitrogens with zero attached hydrogens (tertiary/aromatic N) is 1. The molecule has 2 rings (SSSR count). The number of carbonyl (C=O) groups excluding carboxylic acids is 1. The number of likely N-dealkylation sites (tertiary alicyclic amines) is 1. The predicted molar refractivity (Wildman–Crippen MR) is 56.3 cm³/mol. The summed E-state index contributed by atoms with van der Waals surface area (Å²) in [4.78, 5) is 13.7. The van der Waals surface area contributed by atoms with E-state index < -0.39 is 6.17 Å². The van der Waals surface area contributed by atoms with E-state index in [0.717, 1.165) is 38.9 Å². The molecule has 2 saturated heterocycles. The normalized spacial score (nSPS) is 32.7. The smallest absolute Gasteiger partial charge is 0.227 e. The van der Waals surface area contributed by atoms with E-state index in [1.807, 2.05) is 0 Å². The second-order valence-electron chi connectivity index (χ2n) is 4.57. The fourth-order valence-corrected chi connectivity index (χ4v) is 2.45. The minimum atomic E-state index is -0.806. The van der Waals surface area contributed by atoms with Gasteiger partial charge in [0, 0.05) is 13.1 Å². The maximum absolute atomic E-state index is 13.2. The van der Waals surface area contributed by atoms with Crippen molar-refractivity contribution in [1.82, 2.24) is 10.2 Å². The van der Waals surface area contributed by atoms with Crippen LogP contribution in [0.5, 0.6) is 0 Å². The van der Waals surface area contributed by atoms with Crippen molar-refractivity contribution in [2.45, 2.75) is 31.9 Å². The highest BCUT2D eigenvalue weighted by Crippen LogP contribution is 2.18. The van der Waals surface area contributed by atoms with Crippen LogP contribution in [0, 0.1) is 5.92 Å². The van der Waals surface area contributed by atoms with Crippen LogP contribution in [0.4, 0.5) is 4.39 Å². The quantitative estimate of drug-likeness (QED) is 0.704. The lowest BCUT2D eigenvalue weighted by molar-refractivity contribution is -0.138. The molecule has 86 valence electrons. The Morgan fingerprint density at radius 3 is 2.87 bits per heavy atom. The number of nitrogens with one attached hydrogen (secondary N) is 1. The Kier molecular flexibility index (Phi) is 3.57. The van der Waals surface area contributed by atoms with Crippen molar-refractivity contribution in [1.29, 1.82) is 0 Å². The number of alkyl halides is 1. The van der Waals surface area contributed by atoms with Gasteiger partial charge in [0.1, 0.15) is 6.17 Å². The lowest BCUT2D eigenvalue weighted by Gasteiger charge is -2.33. The highest BCUT2D eigenvalue weighted by atomic mass is 19.1. The third-order valence-corrected chi connectivity index (χ3v) is 3.32. The summed E-state index contributed by atoms with van der Waals surface area (Å²) < 4.78 is 13.2. The maximum Gasteiger partial charge on any atom is 0.227 e. The molecule has 4 heteroatoms. The molecule has 2 aliphatic rings. The zero-order chi connectivity index (χ0) is 10.7. The molecule has 2 atom stereocenters. The van der Waals surface area contributed by atoms with Crippen molar-refractivity contribution in [3.8, 4) is 0 Å². The van der Waals surface area contributed by atoms with Gasteiger partial charge in [-0.15, -0.1) is 0 Å². The maximum atomic E-state index is 13.2. The van der Waals surface area contributed by atoms with Crippen LogP contribution >= 0.6 is 0 Å². The zero-order valence-corrected chi connectivity index (χ0v) is 9.04. The van der Waals surface area contributed by atoms with E-state index in [2.05, 4.69) is 5.32 Å². The van der Waals surface area contributed by atoms with Gasteiger partial charge in [0.2, 0.25) is 5.91 Å². The van der Waals surface area contributed by atoms with E-state index in [0.29, 0.717) is 13.0 Å². The molecule has 2 aliphatic heterocycles. The van der Waals surface area contributed by atoms with Crippen LogP contribution in [0.15, 0.2) is 0 Å². The summed E-state index contributed by atoms with van der Waals surface area (Å²) in [6.45, 7) is 2.84. The minimum Gasteiger partial charge on any atom is -0.340 e. The molecule has 2 fully saturated rings. The van der Waals surface area contributed by atoms with Gasteiger partial charge in [0.05, 0.1) is 12.5 Å². The summed E-state index contributed by atoms with van der Waals surface area (Å²) >= 11 is 0. The molecule has 0 aromatic rings. The van der Waals surface area contributed by atoms with Crippen molar-refractivity contribution >= 4 is 5.91 Å². The average Bonchev–Trinajstić information content (AvgIpc) is 2.29. The van der Waals surface area contributed by atoms with Crippen LogP contribution in [0.3, 0.4) is 0 Å². The number of carbonyl (C=O) groups is 1. The SMILES string of the molecule is O=C([C@H]1CCCNC1)N1CCC[C@@H](F)C1. The highest BCUT2D eigenvalue weighted by molar-refractivity contribution is 5.79. The van der Waals surface area contributed by atoms with Crippen molar-refractivity contribution in [3.63, 3.8) is 0 Å². The first-order valence-electron chi connectivity index (χ1n) is 5.91. The molecule has 0 radical (unpaired) electrons. The molecule has 3 nitrogen and oxygen atoms in total. The van der Waals surface area contributed by atoms with Crippen molar-refractivity contribution in [2.24, 2.45) is 5.92 Å². The molecular weight excluding hydrogens is 195 g/mol. The first kappa shape index (κ1) is 10.9. The lowest BCUT2D eigenvalue weighted by Crippen LogP contribution is -2.47. The second-order valence-corrected chi connectivity index (χ2v) is 4.57. The predicted octanol–water partition coefficient (Wildman–Crippen LogP) is 0.946. The van der Waals surface area contributed by atoms with Crippen molar-refractivity contribution in [2.75, 3.05) is 26.2 Å². The van der Waals surface area contributed by atoms with Crippen LogP contribution < -0.4 is 5.32 Å². The van der Waals surface area contributed by atoms with Gasteiger partial charge in [-0.05, 0) is 32.2 Å². The van der Waals surface area contributed by atoms with E-state index in [-0.39, 0.29) is 11.8 Å². The summed E-state index contributed by atoms with van der Waals surface area (Å²) in [6.07, 6.45) is 2.64. The van der Waals surface area contributed by atoms with Gasteiger partial charge in [-0.2, -0.15) is 0 Å². The Balaban J connectivity index is 1.88. The van der Waals surface area contributed by atoms with E-state index in [1.54, 1.807) is 4.90 Å². The Labute approximate surface area is 90.0 Å². The van der Waals surface area contributed by atoms with Gasteiger partial charge in [0.25, 0.3) is 0 Å². The highest BCUT2D eigenvalue weighted by Gasteiger charge is 2.29. The minimum absolute atomic E-state index is 0.0871. The second kappa shape index (κ2) is 4.92. The molecule has 1 N–H and O–H groups in total. The number of halogens is 1. The Morgan fingerprint density at radius 1 is 1.33 bits per heavy atom. The molecule has 2 heterocycles. The molecule has 0 unspecified atom stereocenters. The number of piperidine rings is 2. The number of hydrogen-bond donors (Lipinski definition) is 1. The fourth-order valence-electron chi connectivity index (χ4n) is 2.45. The monoisotopic (exact) mass is 214 g/mol. The van der Waals surface area contributed by atoms with Gasteiger partial charge in [0.15, 0.2) is 0 Å². The number of rotatable bonds is 1. The van der Waals surface area contributed by atoms with Crippen LogP contribution in [0.25, 0.3) is 0 Å². The van der Waals surface area contributed by atoms with Gasteiger partial charge >= 0.3 is 0 Å². The van der Waals surface area contributed by atoms with Crippen LogP contribution in [0.2, 0.25) is 0 Å². The molecule has 0 saturated carbocycles. The average molecular weight is 214 g/mol. The summed E-state index contributed by atoms with van der Waals surface area (Å²) in [5.74, 6) is 0.244. The van der Waals surface area contributed by atoms with E-state index in [4.69, 9.17) is 0 Å². The largest absolute Gasteiger partial charge is 0.340 e. The third-order valence-electron chi connectivity index (χ3n) is 3.32. The van der Waals surface area contributed by atoms with Crippen molar-refractivity contribution in [3.05, 3.63) is 0 Å². The molecule has 0 bridgehead atoms. The van der Waals surface area contributed by atoms with Crippen LogP contribution in [-0.4, -0.2) is 43.2 Å². The van der Waals surface area contributed by atoms with Gasteiger partial charge < -0.3 is 10.2 Å². The summed E-state index contributed by atoms with van der Waals surface area (Å²) in [5, 5.41) is 3.22. The van der Waals surface area contributed by atoms with E-state index in [9.17, 15) is 9.18 Å². The van der Waals surface area contributed by atoms with E-state index >= 15 is 0 Å². The number of hydrogen-bond acceptors (Lipinski definition) is 2. The molecule has 15 heavy (non-hydrogen) atoms. The summed E-state index contributed by atoms with van der Waals surface area (Å²) in [5.41, 5.74) is 0. The molecule has 0 aromatic carbocycles. The molecule has 1 amide bonds. The van der Waals surface area contributed by atoms with Crippen LogP contribution in [-0.2, 0) is 4.79 Å². The summed E-state index contributed by atoms with van der Waals surface area (Å²) in [6, 6.07) is 0. The van der Waals surface area contributed by atoms with E-state index in [1.165, 1.54) is 0 Å².